The molecule has 2 aromatic carbocycles. The third-order valence-corrected chi connectivity index (χ3v) is 5.31. The Kier molecular flexibility index (Phi) is 6.35. The van der Waals surface area contributed by atoms with Crippen molar-refractivity contribution in [3.63, 3.8) is 0 Å². The van der Waals surface area contributed by atoms with E-state index in [0.29, 0.717) is 30.9 Å². The summed E-state index contributed by atoms with van der Waals surface area (Å²) >= 11 is 0. The van der Waals surface area contributed by atoms with Crippen molar-refractivity contribution < 1.29 is 14.3 Å². The minimum atomic E-state index is -0.414. The lowest BCUT2D eigenvalue weighted by atomic mass is 10.1. The van der Waals surface area contributed by atoms with Crippen LogP contribution in [0.1, 0.15) is 28.4 Å². The maximum absolute atomic E-state index is 13.1. The van der Waals surface area contributed by atoms with Crippen LogP contribution in [-0.2, 0) is 11.3 Å². The molecule has 0 atom stereocenters. The maximum Gasteiger partial charge on any atom is 0.338 e. The van der Waals surface area contributed by atoms with Gasteiger partial charge in [-0.3, -0.25) is 4.90 Å². The van der Waals surface area contributed by atoms with Gasteiger partial charge in [-0.05, 0) is 49.7 Å². The van der Waals surface area contributed by atoms with E-state index in [1.807, 2.05) is 12.1 Å². The first-order valence-electron chi connectivity index (χ1n) is 10.7. The lowest BCUT2D eigenvalue weighted by Gasteiger charge is -2.36. The van der Waals surface area contributed by atoms with Gasteiger partial charge >= 0.3 is 12.0 Å². The third-order valence-electron chi connectivity index (χ3n) is 5.31. The molecular weight excluding hydrogens is 404 g/mol. The molecular formula is C25H26N4O3. The molecule has 0 bridgehead atoms. The Morgan fingerprint density at radius 2 is 1.88 bits per heavy atom. The molecule has 164 valence electrons. The zero-order chi connectivity index (χ0) is 22.5. The Bertz CT molecular complexity index is 1110. The van der Waals surface area contributed by atoms with E-state index in [9.17, 15) is 9.59 Å². The highest BCUT2D eigenvalue weighted by Gasteiger charge is 2.28. The van der Waals surface area contributed by atoms with Crippen molar-refractivity contribution in [1.29, 1.82) is 0 Å². The number of urea groups is 1. The predicted octanol–water partition coefficient (Wildman–Crippen LogP) is 4.63. The molecule has 2 amide bonds. The van der Waals surface area contributed by atoms with E-state index < -0.39 is 5.97 Å². The van der Waals surface area contributed by atoms with Gasteiger partial charge in [0.2, 0.25) is 0 Å². The highest BCUT2D eigenvalue weighted by Crippen LogP contribution is 2.32. The highest BCUT2D eigenvalue weighted by atomic mass is 16.5. The lowest BCUT2D eigenvalue weighted by molar-refractivity contribution is 0.0526. The molecule has 3 aromatic rings. The van der Waals surface area contributed by atoms with Gasteiger partial charge in [-0.15, -0.1) is 0 Å². The number of esters is 1. The van der Waals surface area contributed by atoms with Crippen molar-refractivity contribution >= 4 is 29.2 Å². The number of anilines is 3. The summed E-state index contributed by atoms with van der Waals surface area (Å²) in [5.41, 5.74) is 4.11. The summed E-state index contributed by atoms with van der Waals surface area (Å²) < 4.78 is 5.04. The van der Waals surface area contributed by atoms with Gasteiger partial charge in [0, 0.05) is 31.5 Å². The molecule has 2 heterocycles. The van der Waals surface area contributed by atoms with Gasteiger partial charge in [-0.25, -0.2) is 14.6 Å². The molecule has 0 spiro atoms. The van der Waals surface area contributed by atoms with E-state index in [1.165, 1.54) is 11.1 Å². The second-order valence-electron chi connectivity index (χ2n) is 7.64. The number of amides is 2. The second kappa shape index (κ2) is 9.51. The number of rotatable bonds is 5. The Hall–Kier alpha value is -3.87. The monoisotopic (exact) mass is 430 g/mol. The van der Waals surface area contributed by atoms with E-state index in [-0.39, 0.29) is 6.03 Å². The Balaban J connectivity index is 1.51. The van der Waals surface area contributed by atoms with E-state index in [4.69, 9.17) is 4.74 Å². The average molecular weight is 431 g/mol. The number of pyridine rings is 1. The molecule has 7 heteroatoms. The number of aryl methyl sites for hydroxylation is 1. The van der Waals surface area contributed by atoms with Gasteiger partial charge in [0.25, 0.3) is 0 Å². The van der Waals surface area contributed by atoms with E-state index in [1.54, 1.807) is 42.3 Å². The normalized spacial score (nSPS) is 12.8. The summed E-state index contributed by atoms with van der Waals surface area (Å²) in [6, 6.07) is 18.6. The van der Waals surface area contributed by atoms with Crippen molar-refractivity contribution in [2.75, 3.05) is 34.8 Å². The van der Waals surface area contributed by atoms with Crippen LogP contribution < -0.4 is 15.1 Å². The number of benzene rings is 2. The molecule has 0 radical (unpaired) electrons. The van der Waals surface area contributed by atoms with Gasteiger partial charge in [0.15, 0.2) is 5.82 Å². The zero-order valence-electron chi connectivity index (χ0n) is 18.2. The smallest absolute Gasteiger partial charge is 0.338 e. The standard InChI is InChI=1S/C25H26N4O3/c1-3-32-24(30)20-6-4-7-21(16-20)27-25(31)29-15-14-28(23-22(29)8-5-13-26-23)17-19-11-9-18(2)10-12-19/h4-13,16H,3,14-15,17H2,1-2H3,(H,27,31). The van der Waals surface area contributed by atoms with Crippen molar-refractivity contribution in [2.45, 2.75) is 20.4 Å². The largest absolute Gasteiger partial charge is 0.462 e. The van der Waals surface area contributed by atoms with Crippen molar-refractivity contribution in [2.24, 2.45) is 0 Å². The fourth-order valence-corrected chi connectivity index (χ4v) is 3.70. The topological polar surface area (TPSA) is 74.8 Å². The van der Waals surface area contributed by atoms with Gasteiger partial charge in [0.05, 0.1) is 17.9 Å². The predicted molar refractivity (Wildman–Crippen MR) is 125 cm³/mol. The van der Waals surface area contributed by atoms with E-state index in [0.717, 1.165) is 18.1 Å². The molecule has 7 nitrogen and oxygen atoms in total. The van der Waals surface area contributed by atoms with Gasteiger partial charge in [-0.1, -0.05) is 35.9 Å². The molecule has 1 aliphatic rings. The fourth-order valence-electron chi connectivity index (χ4n) is 3.70. The number of ether oxygens (including phenoxy) is 1. The number of carbonyl (C=O) groups excluding carboxylic acids is 2. The first-order valence-corrected chi connectivity index (χ1v) is 10.7. The third kappa shape index (κ3) is 4.72. The van der Waals surface area contributed by atoms with Crippen LogP contribution in [0, 0.1) is 6.92 Å². The quantitative estimate of drug-likeness (QED) is 0.598. The molecule has 0 aliphatic carbocycles. The summed E-state index contributed by atoms with van der Waals surface area (Å²) in [4.78, 5) is 33.5. The number of nitrogens with one attached hydrogen (secondary N) is 1. The molecule has 1 aromatic heterocycles. The molecule has 0 fully saturated rings. The SMILES string of the molecule is CCOC(=O)c1cccc(NC(=O)N2CCN(Cc3ccc(C)cc3)c3ncccc32)c1. The fraction of sp³-hybridized carbons (Fsp3) is 0.240. The van der Waals surface area contributed by atoms with Crippen LogP contribution in [-0.4, -0.2) is 36.7 Å². The van der Waals surface area contributed by atoms with Crippen LogP contribution in [0.2, 0.25) is 0 Å². The second-order valence-corrected chi connectivity index (χ2v) is 7.64. The van der Waals surface area contributed by atoms with Crippen LogP contribution in [0.5, 0.6) is 0 Å². The number of aromatic nitrogens is 1. The number of hydrogen-bond donors (Lipinski definition) is 1. The van der Waals surface area contributed by atoms with Gasteiger partial charge < -0.3 is 15.0 Å². The summed E-state index contributed by atoms with van der Waals surface area (Å²) in [6.45, 7) is 6.03. The summed E-state index contributed by atoms with van der Waals surface area (Å²) in [5, 5.41) is 2.89. The van der Waals surface area contributed by atoms with Crippen molar-refractivity contribution in [3.8, 4) is 0 Å². The van der Waals surface area contributed by atoms with Crippen LogP contribution in [0.3, 0.4) is 0 Å². The molecule has 0 saturated carbocycles. The van der Waals surface area contributed by atoms with Gasteiger partial charge in [0.1, 0.15) is 0 Å². The Morgan fingerprint density at radius 3 is 2.66 bits per heavy atom. The Labute approximate surface area is 187 Å². The summed E-state index contributed by atoms with van der Waals surface area (Å²) in [5.74, 6) is 0.359. The minimum absolute atomic E-state index is 0.268. The molecule has 1 N–H and O–H groups in total. The number of fused-ring (bicyclic) bond motifs is 1. The Morgan fingerprint density at radius 1 is 1.06 bits per heavy atom. The van der Waals surface area contributed by atoms with Crippen molar-refractivity contribution in [1.82, 2.24) is 4.98 Å². The summed E-state index contributed by atoms with van der Waals surface area (Å²) in [6.07, 6.45) is 1.74. The maximum atomic E-state index is 13.1. The molecule has 4 rings (SSSR count). The lowest BCUT2D eigenvalue weighted by Crippen LogP contribution is -2.46. The average Bonchev–Trinajstić information content (AvgIpc) is 2.81. The van der Waals surface area contributed by atoms with Crippen LogP contribution in [0.25, 0.3) is 0 Å². The number of hydrogen-bond acceptors (Lipinski definition) is 5. The van der Waals surface area contributed by atoms with Crippen LogP contribution in [0.4, 0.5) is 22.0 Å². The number of nitrogens with zero attached hydrogens (tertiary/aromatic N) is 3. The van der Waals surface area contributed by atoms with Gasteiger partial charge in [-0.2, -0.15) is 0 Å². The molecule has 0 unspecified atom stereocenters. The van der Waals surface area contributed by atoms with Crippen molar-refractivity contribution in [3.05, 3.63) is 83.6 Å². The van der Waals surface area contributed by atoms with E-state index in [2.05, 4.69) is 46.4 Å². The summed E-state index contributed by atoms with van der Waals surface area (Å²) in [7, 11) is 0. The first-order chi connectivity index (χ1) is 15.5. The minimum Gasteiger partial charge on any atom is -0.462 e. The first kappa shape index (κ1) is 21.4. The highest BCUT2D eigenvalue weighted by molar-refractivity contribution is 6.04. The van der Waals surface area contributed by atoms with Crippen LogP contribution >= 0.6 is 0 Å². The molecule has 0 saturated heterocycles. The molecule has 1 aliphatic heterocycles. The zero-order valence-corrected chi connectivity index (χ0v) is 18.2. The van der Waals surface area contributed by atoms with Crippen LogP contribution in [0.15, 0.2) is 66.9 Å². The molecule has 32 heavy (non-hydrogen) atoms. The number of carbonyl (C=O) groups is 2. The van der Waals surface area contributed by atoms with E-state index >= 15 is 0 Å².